The van der Waals surface area contributed by atoms with Crippen LogP contribution in [0.5, 0.6) is 0 Å². The van der Waals surface area contributed by atoms with Crippen LogP contribution in [0.2, 0.25) is 0 Å². The normalized spacial score (nSPS) is 12.5. The van der Waals surface area contributed by atoms with Crippen LogP contribution in [0.1, 0.15) is 50.4 Å². The van der Waals surface area contributed by atoms with Crippen LogP contribution >= 0.6 is 11.3 Å². The molecule has 3 heterocycles. The lowest BCUT2D eigenvalue weighted by molar-refractivity contribution is -0.121. The van der Waals surface area contributed by atoms with Crippen molar-refractivity contribution in [3.05, 3.63) is 63.5 Å². The zero-order valence-electron chi connectivity index (χ0n) is 17.9. The van der Waals surface area contributed by atoms with Gasteiger partial charge in [-0.25, -0.2) is 0 Å². The molecule has 0 spiro atoms. The number of carbonyl (C=O) groups excluding carboxylic acids is 1. The Morgan fingerprint density at radius 2 is 2.00 bits per heavy atom. The van der Waals surface area contributed by atoms with Gasteiger partial charge in [-0.2, -0.15) is 0 Å². The molecule has 0 saturated heterocycles. The van der Waals surface area contributed by atoms with Gasteiger partial charge in [0, 0.05) is 25.9 Å². The summed E-state index contributed by atoms with van der Waals surface area (Å²) in [5, 5.41) is 13.6. The van der Waals surface area contributed by atoms with Crippen LogP contribution in [0.25, 0.3) is 16.0 Å². The van der Waals surface area contributed by atoms with Crippen LogP contribution in [0, 0.1) is 0 Å². The quantitative estimate of drug-likeness (QED) is 0.432. The maximum atomic E-state index is 12.9. The number of fused-ring (bicyclic) bond motifs is 3. The van der Waals surface area contributed by atoms with Gasteiger partial charge >= 0.3 is 0 Å². The molecule has 1 N–H and O–H groups in total. The highest BCUT2D eigenvalue weighted by molar-refractivity contribution is 7.17. The molecule has 0 unspecified atom stereocenters. The first-order chi connectivity index (χ1) is 15.1. The van der Waals surface area contributed by atoms with E-state index in [0.29, 0.717) is 42.2 Å². The van der Waals surface area contributed by atoms with E-state index in [2.05, 4.69) is 41.5 Å². The number of carbonyl (C=O) groups is 1. The van der Waals surface area contributed by atoms with E-state index in [4.69, 9.17) is 0 Å². The third-order valence-corrected chi connectivity index (χ3v) is 6.46. The van der Waals surface area contributed by atoms with Crippen molar-refractivity contribution in [1.29, 1.82) is 0 Å². The topological polar surface area (TPSA) is 81.3 Å². The van der Waals surface area contributed by atoms with Crippen molar-refractivity contribution in [3.8, 4) is 0 Å². The van der Waals surface area contributed by atoms with Crippen LogP contribution in [-0.2, 0) is 17.8 Å². The molecule has 4 aromatic rings. The Balaban J connectivity index is 1.49. The molecule has 4 rings (SSSR count). The third-order valence-electron chi connectivity index (χ3n) is 5.56. The van der Waals surface area contributed by atoms with Gasteiger partial charge < -0.3 is 5.32 Å². The summed E-state index contributed by atoms with van der Waals surface area (Å²) < 4.78 is 4.34. The molecule has 0 aliphatic rings. The predicted octanol–water partition coefficient (Wildman–Crippen LogP) is 3.76. The molecule has 1 aromatic carbocycles. The van der Waals surface area contributed by atoms with Crippen LogP contribution in [0.3, 0.4) is 0 Å². The number of unbranched alkanes of at least 4 members (excludes halogenated alkanes) is 1. The van der Waals surface area contributed by atoms with Crippen LogP contribution < -0.4 is 10.9 Å². The molecular formula is C23H27N5O2S. The second-order valence-electron chi connectivity index (χ2n) is 7.81. The average molecular weight is 438 g/mol. The van der Waals surface area contributed by atoms with E-state index in [1.54, 1.807) is 4.57 Å². The van der Waals surface area contributed by atoms with Crippen LogP contribution in [0.15, 0.2) is 46.6 Å². The molecule has 0 aliphatic heterocycles. The van der Waals surface area contributed by atoms with Crippen LogP contribution in [-0.4, -0.2) is 31.6 Å². The minimum absolute atomic E-state index is 0.0135. The Hall–Kier alpha value is -3.00. The summed E-state index contributed by atoms with van der Waals surface area (Å²) in [4.78, 5) is 25.3. The van der Waals surface area contributed by atoms with E-state index in [-0.39, 0.29) is 17.4 Å². The number of aromatic nitrogens is 4. The fourth-order valence-corrected chi connectivity index (χ4v) is 4.56. The van der Waals surface area contributed by atoms with Crippen molar-refractivity contribution in [2.75, 3.05) is 6.54 Å². The van der Waals surface area contributed by atoms with Crippen molar-refractivity contribution in [3.63, 3.8) is 0 Å². The first-order valence-electron chi connectivity index (χ1n) is 10.8. The summed E-state index contributed by atoms with van der Waals surface area (Å²) in [6, 6.07) is 12.1. The summed E-state index contributed by atoms with van der Waals surface area (Å²) in [5.74, 6) is 1.49. The molecule has 7 nitrogen and oxygen atoms in total. The molecule has 0 aliphatic carbocycles. The summed E-state index contributed by atoms with van der Waals surface area (Å²) in [5.41, 5.74) is 2.00. The van der Waals surface area contributed by atoms with Gasteiger partial charge in [0.25, 0.3) is 5.56 Å². The highest BCUT2D eigenvalue weighted by Gasteiger charge is 2.18. The third kappa shape index (κ3) is 4.39. The number of benzene rings is 1. The number of thiophene rings is 1. The first-order valence-corrected chi connectivity index (χ1v) is 11.6. The number of hydrogen-bond acceptors (Lipinski definition) is 5. The predicted molar refractivity (Wildman–Crippen MR) is 124 cm³/mol. The number of hydrogen-bond donors (Lipinski definition) is 1. The number of amides is 1. The van der Waals surface area contributed by atoms with E-state index in [9.17, 15) is 9.59 Å². The average Bonchev–Trinajstić information content (AvgIpc) is 3.44. The Morgan fingerprint density at radius 1 is 1.19 bits per heavy atom. The molecule has 3 aromatic heterocycles. The standard InChI is InChI=1S/C23H27N5O2S/c1-3-4-13-27-22(30)21-18(12-14-31-21)28-19(25-26-23(27)28)10-11-20(29)24-15-16(2)17-8-6-5-7-9-17/h5-9,12,14,16H,3-4,10-11,13,15H2,1-2H3,(H,24,29)/t16-/m1/s1. The molecule has 8 heteroatoms. The monoisotopic (exact) mass is 437 g/mol. The fourth-order valence-electron chi connectivity index (χ4n) is 3.74. The van der Waals surface area contributed by atoms with E-state index >= 15 is 0 Å². The summed E-state index contributed by atoms with van der Waals surface area (Å²) >= 11 is 1.43. The Bertz CT molecular complexity index is 1240. The lowest BCUT2D eigenvalue weighted by atomic mass is 10.0. The molecular weight excluding hydrogens is 410 g/mol. The van der Waals surface area contributed by atoms with Crippen LogP contribution in [0.4, 0.5) is 0 Å². The Kier molecular flexibility index (Phi) is 6.46. The number of aryl methyl sites for hydroxylation is 2. The summed E-state index contributed by atoms with van der Waals surface area (Å²) in [6.07, 6.45) is 2.67. The minimum atomic E-state index is -0.0162. The van der Waals surface area contributed by atoms with E-state index < -0.39 is 0 Å². The Morgan fingerprint density at radius 3 is 2.77 bits per heavy atom. The maximum absolute atomic E-state index is 12.9. The van der Waals surface area contributed by atoms with Gasteiger partial charge in [-0.1, -0.05) is 50.6 Å². The molecule has 0 radical (unpaired) electrons. The lowest BCUT2D eigenvalue weighted by Crippen LogP contribution is -2.28. The number of nitrogens with zero attached hydrogens (tertiary/aromatic N) is 4. The van der Waals surface area contributed by atoms with Gasteiger partial charge in [0.1, 0.15) is 10.5 Å². The fraction of sp³-hybridized carbons (Fsp3) is 0.391. The Labute approximate surface area is 184 Å². The van der Waals surface area contributed by atoms with Gasteiger partial charge in [-0.3, -0.25) is 18.6 Å². The van der Waals surface area contributed by atoms with Gasteiger partial charge in [-0.05, 0) is 29.3 Å². The van der Waals surface area contributed by atoms with Crippen molar-refractivity contribution in [2.24, 2.45) is 0 Å². The molecule has 0 fully saturated rings. The largest absolute Gasteiger partial charge is 0.355 e. The van der Waals surface area contributed by atoms with Crippen molar-refractivity contribution in [2.45, 2.75) is 52.0 Å². The van der Waals surface area contributed by atoms with Crippen molar-refractivity contribution >= 4 is 33.2 Å². The molecule has 0 bridgehead atoms. The number of rotatable bonds is 9. The van der Waals surface area contributed by atoms with E-state index in [0.717, 1.165) is 18.4 Å². The second-order valence-corrected chi connectivity index (χ2v) is 8.73. The zero-order chi connectivity index (χ0) is 21.8. The highest BCUT2D eigenvalue weighted by Crippen LogP contribution is 2.20. The molecule has 0 saturated carbocycles. The smallest absolute Gasteiger partial charge is 0.272 e. The van der Waals surface area contributed by atoms with Gasteiger partial charge in [0.05, 0.1) is 5.52 Å². The van der Waals surface area contributed by atoms with Gasteiger partial charge in [0.2, 0.25) is 11.7 Å². The number of nitrogens with one attached hydrogen (secondary N) is 1. The minimum Gasteiger partial charge on any atom is -0.355 e. The summed E-state index contributed by atoms with van der Waals surface area (Å²) in [7, 11) is 0. The summed E-state index contributed by atoms with van der Waals surface area (Å²) in [6.45, 7) is 5.40. The van der Waals surface area contributed by atoms with E-state index in [1.807, 2.05) is 34.0 Å². The second kappa shape index (κ2) is 9.43. The zero-order valence-corrected chi connectivity index (χ0v) is 18.7. The van der Waals surface area contributed by atoms with Crippen molar-refractivity contribution < 1.29 is 4.79 Å². The highest BCUT2D eigenvalue weighted by atomic mass is 32.1. The van der Waals surface area contributed by atoms with Gasteiger partial charge in [0.15, 0.2) is 0 Å². The lowest BCUT2D eigenvalue weighted by Gasteiger charge is -2.13. The molecule has 1 atom stereocenters. The van der Waals surface area contributed by atoms with Gasteiger partial charge in [-0.15, -0.1) is 21.5 Å². The first kappa shape index (κ1) is 21.2. The molecule has 1 amide bonds. The SMILES string of the molecule is CCCCn1c(=O)c2sccc2n2c(CCC(=O)NC[C@@H](C)c3ccccc3)nnc12. The molecule has 31 heavy (non-hydrogen) atoms. The molecule has 162 valence electrons. The van der Waals surface area contributed by atoms with E-state index in [1.165, 1.54) is 16.9 Å². The maximum Gasteiger partial charge on any atom is 0.272 e. The van der Waals surface area contributed by atoms with Crippen molar-refractivity contribution in [1.82, 2.24) is 24.5 Å².